The fraction of sp³-hybridized carbons (Fsp3) is 0.308. The zero-order chi connectivity index (χ0) is 13.1. The molecule has 0 radical (unpaired) electrons. The number of benzene rings is 1. The lowest BCUT2D eigenvalue weighted by Gasteiger charge is -2.05. The van der Waals surface area contributed by atoms with Crippen LogP contribution in [0.15, 0.2) is 18.2 Å². The summed E-state index contributed by atoms with van der Waals surface area (Å²) in [5.74, 6) is -0.0726. The van der Waals surface area contributed by atoms with Crippen LogP contribution in [0.3, 0.4) is 0 Å². The summed E-state index contributed by atoms with van der Waals surface area (Å²) in [5, 5.41) is 4.87. The van der Waals surface area contributed by atoms with Gasteiger partial charge in [-0.15, -0.1) is 0 Å². The lowest BCUT2D eigenvalue weighted by molar-refractivity contribution is 0.321. The number of hydrogen-bond acceptors (Lipinski definition) is 4. The molecule has 0 aliphatic carbocycles. The summed E-state index contributed by atoms with van der Waals surface area (Å²) < 4.78 is 18.9. The van der Waals surface area contributed by atoms with Gasteiger partial charge >= 0.3 is 0 Å². The summed E-state index contributed by atoms with van der Waals surface area (Å²) >= 11 is 1.51. The van der Waals surface area contributed by atoms with E-state index in [1.165, 1.54) is 17.4 Å². The van der Waals surface area contributed by atoms with Gasteiger partial charge in [0.1, 0.15) is 10.0 Å². The number of hydrogen-bond donors (Lipinski definition) is 1. The molecule has 0 spiro atoms. The molecule has 1 N–H and O–H groups in total. The van der Waals surface area contributed by atoms with Gasteiger partial charge < -0.3 is 10.1 Å². The van der Waals surface area contributed by atoms with Crippen molar-refractivity contribution in [2.45, 2.75) is 13.8 Å². The molecule has 0 amide bonds. The summed E-state index contributed by atoms with van der Waals surface area (Å²) in [6.45, 7) is 4.21. The highest BCUT2D eigenvalue weighted by Gasteiger charge is 2.11. The van der Waals surface area contributed by atoms with Crippen molar-refractivity contribution in [3.8, 4) is 16.3 Å². The van der Waals surface area contributed by atoms with E-state index in [0.29, 0.717) is 6.61 Å². The predicted octanol–water partition coefficient (Wildman–Crippen LogP) is 3.70. The van der Waals surface area contributed by atoms with Crippen LogP contribution in [0.4, 0.5) is 9.39 Å². The molecule has 0 atom stereocenters. The van der Waals surface area contributed by atoms with Crippen LogP contribution in [0.25, 0.3) is 10.6 Å². The minimum Gasteiger partial charge on any atom is -0.491 e. The first-order valence-electron chi connectivity index (χ1n) is 5.73. The van der Waals surface area contributed by atoms with E-state index in [2.05, 4.69) is 10.3 Å². The third-order valence-corrected chi connectivity index (χ3v) is 3.73. The Kier molecular flexibility index (Phi) is 3.81. The Balaban J connectivity index is 2.35. The van der Waals surface area contributed by atoms with E-state index in [4.69, 9.17) is 4.74 Å². The molecular weight excluding hydrogens is 251 g/mol. The second-order valence-corrected chi connectivity index (χ2v) is 4.76. The van der Waals surface area contributed by atoms with Gasteiger partial charge in [0.25, 0.3) is 0 Å². The van der Waals surface area contributed by atoms with Crippen molar-refractivity contribution < 1.29 is 9.13 Å². The molecule has 0 saturated carbocycles. The van der Waals surface area contributed by atoms with Crippen molar-refractivity contribution in [1.82, 2.24) is 4.98 Å². The Morgan fingerprint density at radius 3 is 2.78 bits per heavy atom. The van der Waals surface area contributed by atoms with Gasteiger partial charge in [0.15, 0.2) is 11.6 Å². The molecule has 0 aliphatic rings. The maximum absolute atomic E-state index is 13.7. The Labute approximate surface area is 110 Å². The molecule has 0 unspecified atom stereocenters. The van der Waals surface area contributed by atoms with Crippen LogP contribution < -0.4 is 10.1 Å². The smallest absolute Gasteiger partial charge is 0.165 e. The number of nitrogens with zero attached hydrogens (tertiary/aromatic N) is 1. The highest BCUT2D eigenvalue weighted by Crippen LogP contribution is 2.33. The number of nitrogens with one attached hydrogen (secondary N) is 1. The van der Waals surface area contributed by atoms with E-state index in [9.17, 15) is 4.39 Å². The highest BCUT2D eigenvalue weighted by atomic mass is 32.1. The molecule has 2 aromatic rings. The van der Waals surface area contributed by atoms with Gasteiger partial charge in [0.05, 0.1) is 12.3 Å². The van der Waals surface area contributed by atoms with E-state index < -0.39 is 0 Å². The Hall–Kier alpha value is -1.62. The van der Waals surface area contributed by atoms with Crippen molar-refractivity contribution in [2.75, 3.05) is 19.0 Å². The van der Waals surface area contributed by atoms with Crippen molar-refractivity contribution in [3.05, 3.63) is 29.7 Å². The summed E-state index contributed by atoms with van der Waals surface area (Å²) in [4.78, 5) is 4.42. The predicted molar refractivity (Wildman–Crippen MR) is 73.0 cm³/mol. The maximum atomic E-state index is 13.7. The zero-order valence-corrected chi connectivity index (χ0v) is 11.4. The molecule has 0 aliphatic heterocycles. The molecule has 2 rings (SSSR count). The lowest BCUT2D eigenvalue weighted by Crippen LogP contribution is -1.94. The van der Waals surface area contributed by atoms with Gasteiger partial charge in [-0.3, -0.25) is 0 Å². The number of aromatic nitrogens is 1. The van der Waals surface area contributed by atoms with Gasteiger partial charge in [-0.05, 0) is 32.0 Å². The van der Waals surface area contributed by atoms with E-state index >= 15 is 0 Å². The molecule has 5 heteroatoms. The number of rotatable bonds is 4. The van der Waals surface area contributed by atoms with Crippen molar-refractivity contribution in [1.29, 1.82) is 0 Å². The van der Waals surface area contributed by atoms with Crippen molar-refractivity contribution >= 4 is 16.3 Å². The molecule has 0 fully saturated rings. The Morgan fingerprint density at radius 1 is 1.44 bits per heavy atom. The number of thiazole rings is 1. The second kappa shape index (κ2) is 5.35. The standard InChI is InChI=1S/C13H15FN2OS/c1-4-17-11-6-5-9(7-10(11)14)13-16-8(2)12(15-3)18-13/h5-7,15H,4H2,1-3H3. The van der Waals surface area contributed by atoms with Gasteiger partial charge in [-0.25, -0.2) is 9.37 Å². The monoisotopic (exact) mass is 266 g/mol. The largest absolute Gasteiger partial charge is 0.491 e. The first-order valence-corrected chi connectivity index (χ1v) is 6.55. The third kappa shape index (κ3) is 2.46. The van der Waals surface area contributed by atoms with E-state index in [1.807, 2.05) is 27.0 Å². The quantitative estimate of drug-likeness (QED) is 0.916. The van der Waals surface area contributed by atoms with Crippen LogP contribution in [-0.2, 0) is 0 Å². The topological polar surface area (TPSA) is 34.1 Å². The number of halogens is 1. The summed E-state index contributed by atoms with van der Waals surface area (Å²) in [6.07, 6.45) is 0. The van der Waals surface area contributed by atoms with Crippen LogP contribution in [0.5, 0.6) is 5.75 Å². The fourth-order valence-corrected chi connectivity index (χ4v) is 2.57. The molecule has 1 heterocycles. The molecule has 0 bridgehead atoms. The van der Waals surface area contributed by atoms with Crippen LogP contribution in [-0.4, -0.2) is 18.6 Å². The van der Waals surface area contributed by atoms with Gasteiger partial charge in [0, 0.05) is 12.6 Å². The van der Waals surface area contributed by atoms with Crippen molar-refractivity contribution in [3.63, 3.8) is 0 Å². The normalized spacial score (nSPS) is 10.4. The van der Waals surface area contributed by atoms with Crippen LogP contribution in [0, 0.1) is 12.7 Å². The first-order chi connectivity index (χ1) is 8.65. The molecule has 3 nitrogen and oxygen atoms in total. The zero-order valence-electron chi connectivity index (χ0n) is 10.6. The summed E-state index contributed by atoms with van der Waals surface area (Å²) in [7, 11) is 1.85. The van der Waals surface area contributed by atoms with Crippen molar-refractivity contribution in [2.24, 2.45) is 0 Å². The third-order valence-electron chi connectivity index (χ3n) is 2.50. The molecule has 96 valence electrons. The fourth-order valence-electron chi connectivity index (χ4n) is 1.66. The van der Waals surface area contributed by atoms with Crippen LogP contribution >= 0.6 is 11.3 Å². The number of aryl methyl sites for hydroxylation is 1. The molecule has 0 saturated heterocycles. The van der Waals surface area contributed by atoms with Gasteiger partial charge in [-0.2, -0.15) is 0 Å². The minimum absolute atomic E-state index is 0.281. The Bertz CT molecular complexity index is 554. The van der Waals surface area contributed by atoms with Gasteiger partial charge in [0.2, 0.25) is 0 Å². The highest BCUT2D eigenvalue weighted by molar-refractivity contribution is 7.19. The number of anilines is 1. The maximum Gasteiger partial charge on any atom is 0.165 e. The van der Waals surface area contributed by atoms with Gasteiger partial charge in [-0.1, -0.05) is 11.3 Å². The SMILES string of the molecule is CCOc1ccc(-c2nc(C)c(NC)s2)cc1F. The lowest BCUT2D eigenvalue weighted by atomic mass is 10.2. The molecule has 18 heavy (non-hydrogen) atoms. The molecular formula is C13H15FN2OS. The Morgan fingerprint density at radius 2 is 2.22 bits per heavy atom. The van der Waals surface area contributed by atoms with E-state index in [0.717, 1.165) is 21.3 Å². The van der Waals surface area contributed by atoms with Crippen LogP contribution in [0.1, 0.15) is 12.6 Å². The summed E-state index contributed by atoms with van der Waals surface area (Å²) in [5.41, 5.74) is 1.69. The second-order valence-electron chi connectivity index (χ2n) is 3.76. The summed E-state index contributed by atoms with van der Waals surface area (Å²) in [6, 6.07) is 4.93. The first kappa shape index (κ1) is 12.8. The average Bonchev–Trinajstić information content (AvgIpc) is 2.73. The number of ether oxygens (including phenoxy) is 1. The molecule has 1 aromatic carbocycles. The van der Waals surface area contributed by atoms with E-state index in [1.54, 1.807) is 6.07 Å². The van der Waals surface area contributed by atoms with E-state index in [-0.39, 0.29) is 11.6 Å². The molecule has 1 aromatic heterocycles. The average molecular weight is 266 g/mol. The minimum atomic E-state index is -0.354. The van der Waals surface area contributed by atoms with Crippen LogP contribution in [0.2, 0.25) is 0 Å².